The van der Waals surface area contributed by atoms with Gasteiger partial charge in [0.25, 0.3) is 0 Å². The lowest BCUT2D eigenvalue weighted by molar-refractivity contribution is -0.142. The van der Waals surface area contributed by atoms with Crippen LogP contribution in [0.1, 0.15) is 61.9 Å². The molecule has 3 rings (SSSR count). The Morgan fingerprint density at radius 2 is 1.96 bits per heavy atom. The van der Waals surface area contributed by atoms with Gasteiger partial charge in [-0.05, 0) is 62.9 Å². The highest BCUT2D eigenvalue weighted by Gasteiger charge is 2.38. The van der Waals surface area contributed by atoms with E-state index in [0.29, 0.717) is 13.0 Å². The fourth-order valence-electron chi connectivity index (χ4n) is 3.75. The molecule has 0 saturated heterocycles. The molecular weight excluding hydrogens is 356 g/mol. The van der Waals surface area contributed by atoms with Crippen molar-refractivity contribution in [2.24, 2.45) is 0 Å². The average molecular weight is 383 g/mol. The summed E-state index contributed by atoms with van der Waals surface area (Å²) in [5.74, 6) is 7.22. The number of rotatable bonds is 3. The van der Waals surface area contributed by atoms with Gasteiger partial charge in [-0.15, -0.1) is 11.3 Å². The average Bonchev–Trinajstić information content (AvgIpc) is 2.99. The Hall–Kier alpha value is -2.25. The Labute approximate surface area is 165 Å². The van der Waals surface area contributed by atoms with Gasteiger partial charge < -0.3 is 9.47 Å². The molecule has 27 heavy (non-hydrogen) atoms. The molecule has 0 fully saturated rings. The van der Waals surface area contributed by atoms with Crippen LogP contribution in [0.15, 0.2) is 30.3 Å². The molecule has 2 aromatic rings. The topological polar surface area (TPSA) is 35.5 Å². The standard InChI is InChI=1S/C23H26O3S/c1-6-25-21(24)14-18-11-10-17(27-18)9-7-16-8-12-20-19(13-16)22(2,3)15-23(4,5)26-20/h8,10-13H,6,14-15H2,1-5H3. The van der Waals surface area contributed by atoms with Gasteiger partial charge in [0.05, 0.1) is 17.9 Å². The second-order valence-corrected chi connectivity index (χ2v) is 9.30. The smallest absolute Gasteiger partial charge is 0.311 e. The van der Waals surface area contributed by atoms with E-state index in [-0.39, 0.29) is 17.0 Å². The predicted octanol–water partition coefficient (Wildman–Crippen LogP) is 5.09. The van der Waals surface area contributed by atoms with Crippen LogP contribution in [0.2, 0.25) is 0 Å². The Morgan fingerprint density at radius 3 is 2.70 bits per heavy atom. The summed E-state index contributed by atoms with van der Waals surface area (Å²) in [5.41, 5.74) is 2.08. The van der Waals surface area contributed by atoms with Gasteiger partial charge in [-0.25, -0.2) is 0 Å². The van der Waals surface area contributed by atoms with Crippen LogP contribution in [0.25, 0.3) is 0 Å². The maximum Gasteiger partial charge on any atom is 0.311 e. The van der Waals surface area contributed by atoms with Crippen molar-refractivity contribution in [3.05, 3.63) is 51.2 Å². The number of esters is 1. The van der Waals surface area contributed by atoms with Crippen molar-refractivity contribution in [3.8, 4) is 17.6 Å². The zero-order valence-corrected chi connectivity index (χ0v) is 17.5. The van der Waals surface area contributed by atoms with E-state index < -0.39 is 0 Å². The first-order valence-corrected chi connectivity index (χ1v) is 10.1. The molecule has 3 nitrogen and oxygen atoms in total. The largest absolute Gasteiger partial charge is 0.488 e. The third kappa shape index (κ3) is 4.73. The molecule has 0 unspecified atom stereocenters. The lowest BCUT2D eigenvalue weighted by atomic mass is 9.73. The van der Waals surface area contributed by atoms with Crippen molar-refractivity contribution in [2.45, 2.75) is 58.5 Å². The summed E-state index contributed by atoms with van der Waals surface area (Å²) in [6.07, 6.45) is 1.27. The minimum Gasteiger partial charge on any atom is -0.488 e. The van der Waals surface area contributed by atoms with Crippen molar-refractivity contribution in [1.29, 1.82) is 0 Å². The van der Waals surface area contributed by atoms with E-state index in [1.54, 1.807) is 0 Å². The third-order valence-corrected chi connectivity index (χ3v) is 5.58. The molecule has 0 N–H and O–H groups in total. The van der Waals surface area contributed by atoms with Crippen LogP contribution in [-0.2, 0) is 21.4 Å². The molecular formula is C23H26O3S. The molecule has 0 atom stereocenters. The van der Waals surface area contributed by atoms with Gasteiger partial charge in [-0.1, -0.05) is 25.7 Å². The summed E-state index contributed by atoms with van der Waals surface area (Å²) in [6, 6.07) is 10.1. The number of benzene rings is 1. The quantitative estimate of drug-likeness (QED) is 0.548. The lowest BCUT2D eigenvalue weighted by Crippen LogP contribution is -2.41. The van der Waals surface area contributed by atoms with E-state index in [9.17, 15) is 4.79 Å². The van der Waals surface area contributed by atoms with Crippen molar-refractivity contribution < 1.29 is 14.3 Å². The van der Waals surface area contributed by atoms with Gasteiger partial charge in [-0.2, -0.15) is 0 Å². The summed E-state index contributed by atoms with van der Waals surface area (Å²) in [7, 11) is 0. The number of thiophene rings is 1. The van der Waals surface area contributed by atoms with Crippen LogP contribution < -0.4 is 4.74 Å². The minimum absolute atomic E-state index is 0.0461. The molecule has 1 aliphatic heterocycles. The van der Waals surface area contributed by atoms with E-state index in [1.807, 2.05) is 31.2 Å². The molecule has 0 spiro atoms. The van der Waals surface area contributed by atoms with Gasteiger partial charge in [0.2, 0.25) is 0 Å². The molecule has 0 amide bonds. The lowest BCUT2D eigenvalue weighted by Gasteiger charge is -2.42. The second-order valence-electron chi connectivity index (χ2n) is 8.13. The van der Waals surface area contributed by atoms with E-state index >= 15 is 0 Å². The van der Waals surface area contributed by atoms with Crippen molar-refractivity contribution in [1.82, 2.24) is 0 Å². The van der Waals surface area contributed by atoms with Gasteiger partial charge in [0, 0.05) is 16.0 Å². The highest BCUT2D eigenvalue weighted by Crippen LogP contribution is 2.44. The van der Waals surface area contributed by atoms with Crippen LogP contribution in [0.5, 0.6) is 5.75 Å². The van der Waals surface area contributed by atoms with Crippen LogP contribution in [-0.4, -0.2) is 18.2 Å². The summed E-state index contributed by atoms with van der Waals surface area (Å²) in [5, 5.41) is 0. The summed E-state index contributed by atoms with van der Waals surface area (Å²) >= 11 is 1.54. The van der Waals surface area contributed by atoms with E-state index in [4.69, 9.17) is 9.47 Å². The van der Waals surface area contributed by atoms with Crippen LogP contribution in [0.3, 0.4) is 0 Å². The molecule has 1 aromatic carbocycles. The molecule has 0 radical (unpaired) electrons. The van der Waals surface area contributed by atoms with Crippen molar-refractivity contribution >= 4 is 17.3 Å². The van der Waals surface area contributed by atoms with Crippen molar-refractivity contribution in [3.63, 3.8) is 0 Å². The first-order chi connectivity index (χ1) is 12.7. The number of hydrogen-bond donors (Lipinski definition) is 0. The third-order valence-electron chi connectivity index (χ3n) is 4.58. The zero-order valence-electron chi connectivity index (χ0n) is 16.6. The highest BCUT2D eigenvalue weighted by molar-refractivity contribution is 7.12. The molecule has 1 aliphatic rings. The van der Waals surface area contributed by atoms with Gasteiger partial charge in [-0.3, -0.25) is 4.79 Å². The molecule has 0 bridgehead atoms. The Morgan fingerprint density at radius 1 is 1.19 bits per heavy atom. The first-order valence-electron chi connectivity index (χ1n) is 9.28. The normalized spacial score (nSPS) is 16.5. The molecule has 0 aliphatic carbocycles. The van der Waals surface area contributed by atoms with Gasteiger partial charge in [0.15, 0.2) is 0 Å². The summed E-state index contributed by atoms with van der Waals surface area (Å²) in [4.78, 5) is 13.5. The number of carbonyl (C=O) groups is 1. The predicted molar refractivity (Wildman–Crippen MR) is 109 cm³/mol. The van der Waals surface area contributed by atoms with Crippen LogP contribution in [0, 0.1) is 11.8 Å². The highest BCUT2D eigenvalue weighted by atomic mass is 32.1. The molecule has 1 aromatic heterocycles. The number of ether oxygens (including phenoxy) is 2. The fraction of sp³-hybridized carbons (Fsp3) is 0.435. The number of hydrogen-bond acceptors (Lipinski definition) is 4. The Bertz CT molecular complexity index is 909. The molecule has 4 heteroatoms. The Kier molecular flexibility index (Phi) is 5.35. The Balaban J connectivity index is 1.79. The second kappa shape index (κ2) is 7.40. The van der Waals surface area contributed by atoms with E-state index in [2.05, 4.69) is 45.6 Å². The minimum atomic E-state index is -0.196. The fourth-order valence-corrected chi connectivity index (χ4v) is 4.59. The molecule has 0 saturated carbocycles. The van der Waals surface area contributed by atoms with Crippen LogP contribution in [0.4, 0.5) is 0 Å². The van der Waals surface area contributed by atoms with Gasteiger partial charge >= 0.3 is 5.97 Å². The maximum absolute atomic E-state index is 11.6. The van der Waals surface area contributed by atoms with Gasteiger partial charge in [0.1, 0.15) is 11.4 Å². The summed E-state index contributed by atoms with van der Waals surface area (Å²) < 4.78 is 11.1. The maximum atomic E-state index is 11.6. The SMILES string of the molecule is CCOC(=O)Cc1ccc(C#Cc2ccc3c(c2)C(C)(C)CC(C)(C)O3)s1. The zero-order chi connectivity index (χ0) is 19.7. The number of carbonyl (C=O) groups excluding carboxylic acids is 1. The van der Waals surface area contributed by atoms with E-state index in [0.717, 1.165) is 27.5 Å². The van der Waals surface area contributed by atoms with E-state index in [1.165, 1.54) is 16.9 Å². The monoisotopic (exact) mass is 382 g/mol. The first kappa shape index (κ1) is 19.5. The molecule has 2 heterocycles. The molecule has 142 valence electrons. The number of fused-ring (bicyclic) bond motifs is 1. The van der Waals surface area contributed by atoms with Crippen molar-refractivity contribution in [2.75, 3.05) is 6.61 Å². The summed E-state index contributed by atoms with van der Waals surface area (Å²) in [6.45, 7) is 11.0. The van der Waals surface area contributed by atoms with Crippen LogP contribution >= 0.6 is 11.3 Å².